The average Bonchev–Trinajstić information content (AvgIpc) is 2.39. The molecule has 0 saturated heterocycles. The van der Waals surface area contributed by atoms with Crippen molar-refractivity contribution < 1.29 is 13.5 Å². The van der Waals surface area contributed by atoms with E-state index in [1.54, 1.807) is 31.4 Å². The van der Waals surface area contributed by atoms with Gasteiger partial charge in [0.25, 0.3) is 0 Å². The molecule has 0 spiro atoms. The molecule has 0 aliphatic rings. The second-order valence-corrected chi connectivity index (χ2v) is 3.58. The third kappa shape index (κ3) is 2.67. The van der Waals surface area contributed by atoms with E-state index in [0.29, 0.717) is 11.3 Å². The van der Waals surface area contributed by atoms with Gasteiger partial charge in [-0.2, -0.15) is 0 Å². The van der Waals surface area contributed by atoms with Crippen molar-refractivity contribution in [2.75, 3.05) is 7.11 Å². The molecule has 0 aliphatic heterocycles. The molecule has 0 amide bonds. The molecule has 2 aromatic rings. The summed E-state index contributed by atoms with van der Waals surface area (Å²) >= 11 is 0. The van der Waals surface area contributed by atoms with Crippen molar-refractivity contribution in [1.82, 2.24) is 0 Å². The average molecular weight is 244 g/mol. The highest BCUT2D eigenvalue weighted by atomic mass is 19.1. The lowest BCUT2D eigenvalue weighted by Gasteiger charge is -1.98. The Bertz CT molecular complexity index is 586. The highest BCUT2D eigenvalue weighted by Crippen LogP contribution is 2.12. The fourth-order valence-corrected chi connectivity index (χ4v) is 1.43. The maximum atomic E-state index is 13.3. The SMILES string of the molecule is COc1ccc(C#Cc2c(F)cccc2F)cc1. The van der Waals surface area contributed by atoms with Crippen LogP contribution in [0.25, 0.3) is 0 Å². The molecule has 0 saturated carbocycles. The van der Waals surface area contributed by atoms with Crippen LogP contribution in [0.3, 0.4) is 0 Å². The Labute approximate surface area is 104 Å². The van der Waals surface area contributed by atoms with E-state index in [4.69, 9.17) is 4.74 Å². The summed E-state index contributed by atoms with van der Waals surface area (Å²) in [5, 5.41) is 0. The van der Waals surface area contributed by atoms with Gasteiger partial charge in [0.1, 0.15) is 17.4 Å². The van der Waals surface area contributed by atoms with Gasteiger partial charge in [-0.25, -0.2) is 8.78 Å². The molecule has 0 aromatic heterocycles. The van der Waals surface area contributed by atoms with Gasteiger partial charge in [0.05, 0.1) is 12.7 Å². The monoisotopic (exact) mass is 244 g/mol. The Morgan fingerprint density at radius 3 is 2.06 bits per heavy atom. The van der Waals surface area contributed by atoms with Crippen molar-refractivity contribution in [3.8, 4) is 17.6 Å². The van der Waals surface area contributed by atoms with Crippen LogP contribution in [0.1, 0.15) is 11.1 Å². The Morgan fingerprint density at radius 2 is 1.50 bits per heavy atom. The topological polar surface area (TPSA) is 9.23 Å². The van der Waals surface area contributed by atoms with E-state index in [-0.39, 0.29) is 5.56 Å². The van der Waals surface area contributed by atoms with Crippen LogP contribution in [0.15, 0.2) is 42.5 Å². The molecule has 0 bridgehead atoms. The van der Waals surface area contributed by atoms with Crippen molar-refractivity contribution in [3.05, 3.63) is 65.2 Å². The first-order valence-electron chi connectivity index (χ1n) is 5.31. The van der Waals surface area contributed by atoms with E-state index >= 15 is 0 Å². The number of halogens is 2. The maximum absolute atomic E-state index is 13.3. The zero-order chi connectivity index (χ0) is 13.0. The van der Waals surface area contributed by atoms with E-state index in [1.165, 1.54) is 18.2 Å². The van der Waals surface area contributed by atoms with Gasteiger partial charge in [-0.3, -0.25) is 0 Å². The van der Waals surface area contributed by atoms with Gasteiger partial charge in [0, 0.05) is 5.56 Å². The van der Waals surface area contributed by atoms with E-state index in [1.807, 2.05) is 0 Å². The van der Waals surface area contributed by atoms with Crippen LogP contribution in [-0.4, -0.2) is 7.11 Å². The fraction of sp³-hybridized carbons (Fsp3) is 0.0667. The molecular weight excluding hydrogens is 234 g/mol. The normalized spacial score (nSPS) is 9.50. The Balaban J connectivity index is 2.31. The lowest BCUT2D eigenvalue weighted by molar-refractivity contribution is 0.415. The molecule has 18 heavy (non-hydrogen) atoms. The van der Waals surface area contributed by atoms with Crippen molar-refractivity contribution in [1.29, 1.82) is 0 Å². The fourth-order valence-electron chi connectivity index (χ4n) is 1.43. The minimum absolute atomic E-state index is 0.215. The summed E-state index contributed by atoms with van der Waals surface area (Å²) in [5.74, 6) is 4.60. The smallest absolute Gasteiger partial charge is 0.141 e. The van der Waals surface area contributed by atoms with Crippen molar-refractivity contribution in [3.63, 3.8) is 0 Å². The molecule has 0 radical (unpaired) electrons. The first kappa shape index (κ1) is 12.1. The zero-order valence-electron chi connectivity index (χ0n) is 9.71. The molecule has 0 unspecified atom stereocenters. The van der Waals surface area contributed by atoms with Crippen LogP contribution in [-0.2, 0) is 0 Å². The van der Waals surface area contributed by atoms with Crippen LogP contribution in [0, 0.1) is 23.5 Å². The van der Waals surface area contributed by atoms with Crippen LogP contribution < -0.4 is 4.74 Å². The summed E-state index contributed by atoms with van der Waals surface area (Å²) < 4.78 is 31.6. The van der Waals surface area contributed by atoms with Gasteiger partial charge in [0.2, 0.25) is 0 Å². The van der Waals surface area contributed by atoms with Gasteiger partial charge in [0.15, 0.2) is 0 Å². The summed E-state index contributed by atoms with van der Waals surface area (Å²) in [5.41, 5.74) is 0.451. The molecule has 0 fully saturated rings. The third-order valence-electron chi connectivity index (χ3n) is 2.38. The zero-order valence-corrected chi connectivity index (χ0v) is 9.71. The van der Waals surface area contributed by atoms with Crippen molar-refractivity contribution >= 4 is 0 Å². The number of ether oxygens (including phenoxy) is 1. The van der Waals surface area contributed by atoms with Crippen LogP contribution in [0.5, 0.6) is 5.75 Å². The minimum atomic E-state index is -0.656. The number of hydrogen-bond donors (Lipinski definition) is 0. The lowest BCUT2D eigenvalue weighted by atomic mass is 10.1. The van der Waals surface area contributed by atoms with Crippen LogP contribution in [0.4, 0.5) is 8.78 Å². The number of benzene rings is 2. The van der Waals surface area contributed by atoms with E-state index < -0.39 is 11.6 Å². The molecule has 3 heteroatoms. The highest BCUT2D eigenvalue weighted by molar-refractivity contribution is 5.45. The highest BCUT2D eigenvalue weighted by Gasteiger charge is 2.04. The maximum Gasteiger partial charge on any atom is 0.141 e. The summed E-state index contributed by atoms with van der Waals surface area (Å²) in [6.07, 6.45) is 0. The molecular formula is C15H10F2O. The summed E-state index contributed by atoms with van der Waals surface area (Å²) in [4.78, 5) is 0. The van der Waals surface area contributed by atoms with Gasteiger partial charge in [-0.1, -0.05) is 17.9 Å². The predicted molar refractivity (Wildman–Crippen MR) is 65.3 cm³/mol. The number of rotatable bonds is 1. The Kier molecular flexibility index (Phi) is 3.59. The van der Waals surface area contributed by atoms with Gasteiger partial charge >= 0.3 is 0 Å². The van der Waals surface area contributed by atoms with Crippen LogP contribution in [0.2, 0.25) is 0 Å². The second kappa shape index (κ2) is 5.33. The van der Waals surface area contributed by atoms with Gasteiger partial charge < -0.3 is 4.74 Å². The number of methoxy groups -OCH3 is 1. The van der Waals surface area contributed by atoms with E-state index in [9.17, 15) is 8.78 Å². The third-order valence-corrected chi connectivity index (χ3v) is 2.38. The molecule has 1 nitrogen and oxygen atoms in total. The van der Waals surface area contributed by atoms with Gasteiger partial charge in [-0.15, -0.1) is 0 Å². The Hall–Kier alpha value is -2.34. The summed E-state index contributed by atoms with van der Waals surface area (Å²) in [6, 6.07) is 10.6. The largest absolute Gasteiger partial charge is 0.497 e. The van der Waals surface area contributed by atoms with Crippen LogP contribution >= 0.6 is 0 Å². The first-order chi connectivity index (χ1) is 8.70. The lowest BCUT2D eigenvalue weighted by Crippen LogP contribution is -1.88. The van der Waals surface area contributed by atoms with Gasteiger partial charge in [-0.05, 0) is 36.4 Å². The quantitative estimate of drug-likeness (QED) is 0.699. The summed E-state index contributed by atoms with van der Waals surface area (Å²) in [7, 11) is 1.56. The van der Waals surface area contributed by atoms with Crippen molar-refractivity contribution in [2.24, 2.45) is 0 Å². The standard InChI is InChI=1S/C15H10F2O/c1-18-12-8-5-11(6-9-12)7-10-13-14(16)3-2-4-15(13)17/h2-6,8-9H,1H3. The predicted octanol–water partition coefficient (Wildman–Crippen LogP) is 3.37. The molecule has 0 atom stereocenters. The second-order valence-electron chi connectivity index (χ2n) is 3.58. The first-order valence-corrected chi connectivity index (χ1v) is 5.31. The van der Waals surface area contributed by atoms with Crippen molar-refractivity contribution in [2.45, 2.75) is 0 Å². The van der Waals surface area contributed by atoms with E-state index in [0.717, 1.165) is 0 Å². The summed E-state index contributed by atoms with van der Waals surface area (Å²) in [6.45, 7) is 0. The molecule has 2 aromatic carbocycles. The molecule has 0 N–H and O–H groups in total. The van der Waals surface area contributed by atoms with E-state index in [2.05, 4.69) is 11.8 Å². The molecule has 90 valence electrons. The number of hydrogen-bond acceptors (Lipinski definition) is 1. The minimum Gasteiger partial charge on any atom is -0.497 e. The molecule has 0 aliphatic carbocycles. The molecule has 2 rings (SSSR count). The Morgan fingerprint density at radius 1 is 0.889 bits per heavy atom. The molecule has 0 heterocycles.